The zero-order valence-electron chi connectivity index (χ0n) is 24.3. The van der Waals surface area contributed by atoms with Gasteiger partial charge < -0.3 is 38.9 Å². The molecule has 0 aromatic carbocycles. The predicted octanol–water partition coefficient (Wildman–Crippen LogP) is 1.78. The van der Waals surface area contributed by atoms with Crippen molar-refractivity contribution >= 4 is 71.0 Å². The first-order valence-corrected chi connectivity index (χ1v) is 19.6. The zero-order chi connectivity index (χ0) is 33.2. The van der Waals surface area contributed by atoms with Gasteiger partial charge in [0.15, 0.2) is 58.8 Å². The molecule has 18 nitrogen and oxygen atoms in total. The van der Waals surface area contributed by atoms with E-state index >= 15 is 8.78 Å². The third kappa shape index (κ3) is 5.92. The molecule has 24 heteroatoms. The van der Waals surface area contributed by atoms with Crippen LogP contribution in [0.2, 0.25) is 0 Å². The maximum absolute atomic E-state index is 16.2. The smallest absolute Gasteiger partial charge is 0.325 e. The fourth-order valence-corrected chi connectivity index (χ4v) is 8.75. The molecular weight excluding hydrogens is 720 g/mol. The number of hydrogen-bond donors (Lipinski definition) is 4. The van der Waals surface area contributed by atoms with Gasteiger partial charge in [0, 0.05) is 13.1 Å². The van der Waals surface area contributed by atoms with Crippen LogP contribution in [0.15, 0.2) is 37.5 Å². The lowest BCUT2D eigenvalue weighted by Gasteiger charge is -2.29. The summed E-state index contributed by atoms with van der Waals surface area (Å²) in [6, 6.07) is 0. The number of fused-ring (bicyclic) bond motifs is 10. The molecule has 0 spiro atoms. The number of ether oxygens (including phenoxy) is 2. The molecule has 5 unspecified atom stereocenters. The van der Waals surface area contributed by atoms with E-state index in [2.05, 4.69) is 40.5 Å². The second kappa shape index (κ2) is 12.6. The van der Waals surface area contributed by atoms with Crippen LogP contribution in [0.4, 0.5) is 20.4 Å². The number of anilines is 2. The number of alkyl halides is 2. The lowest BCUT2D eigenvalue weighted by atomic mass is 10.1. The van der Waals surface area contributed by atoms with Crippen LogP contribution in [0.1, 0.15) is 12.5 Å². The zero-order valence-corrected chi connectivity index (χ0v) is 27.7. The SMILES string of the molecule is OP1(=S)OC[C@H]2O[C@@H]3C(F)[C@@H]2OP(O)(=S)OCC2O[C@H](C(F)[C@@H]2O1)n1cnc2c(ncnc21)NC/C=C/CNc1ncnc2c1ncn23. The van der Waals surface area contributed by atoms with Crippen LogP contribution >= 0.6 is 13.4 Å². The summed E-state index contributed by atoms with van der Waals surface area (Å²) in [6.07, 6.45) is -3.54. The highest BCUT2D eigenvalue weighted by atomic mass is 32.5. The van der Waals surface area contributed by atoms with E-state index < -0.39 is 75.9 Å². The molecule has 4 aromatic heterocycles. The fraction of sp³-hybridized carbons (Fsp3) is 0.500. The van der Waals surface area contributed by atoms with Crippen molar-refractivity contribution in [2.75, 3.05) is 36.9 Å². The van der Waals surface area contributed by atoms with Gasteiger partial charge in [-0.1, -0.05) is 12.2 Å². The number of nitrogens with zero attached hydrogens (tertiary/aromatic N) is 8. The van der Waals surface area contributed by atoms with Crippen LogP contribution in [0.25, 0.3) is 22.3 Å². The Kier molecular flexibility index (Phi) is 8.50. The lowest BCUT2D eigenvalue weighted by Crippen LogP contribution is -2.37. The van der Waals surface area contributed by atoms with Gasteiger partial charge in [0.1, 0.15) is 37.1 Å². The second-order valence-electron chi connectivity index (χ2n) is 11.0. The van der Waals surface area contributed by atoms with E-state index in [1.165, 1.54) is 34.4 Å². The maximum atomic E-state index is 16.2. The van der Waals surface area contributed by atoms with Gasteiger partial charge in [-0.05, 0) is 23.6 Å². The molecule has 256 valence electrons. The molecule has 0 amide bonds. The van der Waals surface area contributed by atoms with Crippen molar-refractivity contribution in [2.45, 2.75) is 49.2 Å². The van der Waals surface area contributed by atoms with E-state index in [1.54, 1.807) is 0 Å². The van der Waals surface area contributed by atoms with Crippen LogP contribution in [0.5, 0.6) is 0 Å². The summed E-state index contributed by atoms with van der Waals surface area (Å²) < 4.78 is 69.5. The number of aromatic nitrogens is 8. The molecule has 5 aliphatic heterocycles. The molecule has 48 heavy (non-hydrogen) atoms. The molecule has 5 aliphatic rings. The molecule has 14 bridgehead atoms. The Morgan fingerprint density at radius 3 is 1.58 bits per heavy atom. The van der Waals surface area contributed by atoms with Crippen LogP contribution in [-0.2, 0) is 51.2 Å². The average molecular weight is 747 g/mol. The molecule has 10 atom stereocenters. The molecule has 9 rings (SSSR count). The van der Waals surface area contributed by atoms with Crippen molar-refractivity contribution < 1.29 is 46.1 Å². The van der Waals surface area contributed by atoms with Gasteiger partial charge in [-0.25, -0.2) is 38.7 Å². The minimum atomic E-state index is -4.24. The molecule has 0 saturated carbocycles. The van der Waals surface area contributed by atoms with E-state index in [9.17, 15) is 9.79 Å². The van der Waals surface area contributed by atoms with E-state index in [4.69, 9.17) is 51.2 Å². The molecule has 4 aromatic rings. The van der Waals surface area contributed by atoms with Gasteiger partial charge in [-0.15, -0.1) is 0 Å². The highest BCUT2D eigenvalue weighted by Gasteiger charge is 2.53. The topological polar surface area (TPSA) is 207 Å². The quantitative estimate of drug-likeness (QED) is 0.149. The molecule has 0 radical (unpaired) electrons. The number of halogens is 2. The van der Waals surface area contributed by atoms with Crippen LogP contribution in [0, 0.1) is 0 Å². The van der Waals surface area contributed by atoms with Gasteiger partial charge >= 0.3 is 13.4 Å². The van der Waals surface area contributed by atoms with Gasteiger partial charge in [0.05, 0.1) is 25.9 Å². The first-order chi connectivity index (χ1) is 23.1. The first kappa shape index (κ1) is 32.5. The Morgan fingerprint density at radius 1 is 0.708 bits per heavy atom. The monoisotopic (exact) mass is 746 g/mol. The number of hydrogen-bond acceptors (Lipinski definition) is 16. The molecule has 0 aliphatic carbocycles. The Morgan fingerprint density at radius 2 is 1.15 bits per heavy atom. The highest BCUT2D eigenvalue weighted by Crippen LogP contribution is 2.54. The highest BCUT2D eigenvalue weighted by molar-refractivity contribution is 8.07. The third-order valence-electron chi connectivity index (χ3n) is 8.05. The largest absolute Gasteiger partial charge is 0.365 e. The van der Waals surface area contributed by atoms with Gasteiger partial charge in [-0.2, -0.15) is 0 Å². The Labute approximate surface area is 279 Å². The minimum absolute atomic E-state index is 0.231. The summed E-state index contributed by atoms with van der Waals surface area (Å²) >= 11 is 10.5. The first-order valence-electron chi connectivity index (χ1n) is 14.5. The summed E-state index contributed by atoms with van der Waals surface area (Å²) in [7, 11) is 0. The van der Waals surface area contributed by atoms with E-state index in [1.807, 2.05) is 12.2 Å². The summed E-state index contributed by atoms with van der Waals surface area (Å²) in [6.45, 7) is -8.93. The number of rotatable bonds is 0. The average Bonchev–Trinajstić information content (AvgIpc) is 3.81. The summed E-state index contributed by atoms with van der Waals surface area (Å²) in [5.74, 6) is 0.763. The van der Waals surface area contributed by atoms with Crippen molar-refractivity contribution in [3.63, 3.8) is 0 Å². The molecular formula is C24H26F2N10O8P2S2. The van der Waals surface area contributed by atoms with Crippen molar-refractivity contribution in [1.82, 2.24) is 39.0 Å². The summed E-state index contributed by atoms with van der Waals surface area (Å²) in [5, 5.41) is 6.30. The van der Waals surface area contributed by atoms with Crippen molar-refractivity contribution in [1.29, 1.82) is 0 Å². The third-order valence-corrected chi connectivity index (χ3v) is 11.2. The van der Waals surface area contributed by atoms with Gasteiger partial charge in [-0.3, -0.25) is 18.2 Å². The van der Waals surface area contributed by atoms with Crippen LogP contribution in [0.3, 0.4) is 0 Å². The van der Waals surface area contributed by atoms with Crippen molar-refractivity contribution in [3.8, 4) is 0 Å². The Balaban J connectivity index is 1.21. The summed E-state index contributed by atoms with van der Waals surface area (Å²) in [4.78, 5) is 47.9. The Hall–Kier alpha value is -2.72. The van der Waals surface area contributed by atoms with E-state index in [0.29, 0.717) is 35.8 Å². The van der Waals surface area contributed by atoms with Gasteiger partial charge in [0.2, 0.25) is 0 Å². The van der Waals surface area contributed by atoms with Crippen LogP contribution < -0.4 is 10.6 Å². The maximum Gasteiger partial charge on any atom is 0.325 e. The van der Waals surface area contributed by atoms with Gasteiger partial charge in [0.25, 0.3) is 0 Å². The van der Waals surface area contributed by atoms with Crippen molar-refractivity contribution in [2.24, 2.45) is 0 Å². The second-order valence-corrected chi connectivity index (χ2v) is 16.6. The van der Waals surface area contributed by atoms with E-state index in [-0.39, 0.29) is 11.3 Å². The predicted molar refractivity (Wildman–Crippen MR) is 169 cm³/mol. The number of imidazole rings is 2. The van der Waals surface area contributed by atoms with Crippen molar-refractivity contribution in [3.05, 3.63) is 37.5 Å². The normalized spacial score (nSPS) is 38.0. The number of nitrogens with one attached hydrogen (secondary N) is 2. The van der Waals surface area contributed by atoms with Crippen LogP contribution in [-0.4, -0.2) is 112 Å². The summed E-state index contributed by atoms with van der Waals surface area (Å²) in [5.41, 5.74) is 1.12. The lowest BCUT2D eigenvalue weighted by molar-refractivity contribution is -0.0583. The standard InChI is InChI=1S/C24H26F2N10O8P2S2/c25-13-17-11-5-39-46(38,48)44-18-12(6-40-45(37,47)43-17)42-24(14(18)26)36-10-34-16-20(30-8-32-22(16)36)28-4-2-1-3-27-19-15-21(31-7-29-19)35(9-33-15)23(13)41-11/h1-2,7-14,17-18,23-24H,3-6H2,(H,37,47)(H,38,48)(H,27,29,31)(H,28,30,32)/b2-1+/t11-,12?,13?,14?,17-,18-,23-,24-,45?,46?/m1/s1. The molecule has 3 fully saturated rings. The fourth-order valence-electron chi connectivity index (χ4n) is 5.87. The Bertz CT molecular complexity index is 1860. The van der Waals surface area contributed by atoms with E-state index in [0.717, 1.165) is 0 Å². The molecule has 4 N–H and O–H groups in total. The minimum Gasteiger partial charge on any atom is -0.365 e. The molecule has 9 heterocycles. The molecule has 3 saturated heterocycles.